The van der Waals surface area contributed by atoms with Crippen LogP contribution in [0, 0.1) is 6.92 Å². The molecule has 2 rings (SSSR count). The van der Waals surface area contributed by atoms with Crippen molar-refractivity contribution in [2.24, 2.45) is 0 Å². The SMILES string of the molecule is C=C(C)c1ccc(/C=C/c2ccc(C)cc2)cc1. The highest BCUT2D eigenvalue weighted by Crippen LogP contribution is 2.14. The van der Waals surface area contributed by atoms with Crippen LogP contribution in [0.3, 0.4) is 0 Å². The van der Waals surface area contributed by atoms with Crippen molar-refractivity contribution in [2.75, 3.05) is 0 Å². The zero-order chi connectivity index (χ0) is 13.0. The molecule has 0 fully saturated rings. The van der Waals surface area contributed by atoms with Gasteiger partial charge in [-0.1, -0.05) is 78.4 Å². The molecule has 0 aliphatic rings. The molecule has 0 radical (unpaired) electrons. The lowest BCUT2D eigenvalue weighted by Gasteiger charge is -2.00. The first-order chi connectivity index (χ1) is 8.65. The van der Waals surface area contributed by atoms with Gasteiger partial charge in [-0.3, -0.25) is 0 Å². The summed E-state index contributed by atoms with van der Waals surface area (Å²) in [6.45, 7) is 8.06. The monoisotopic (exact) mass is 234 g/mol. The normalized spacial score (nSPS) is 10.8. The maximum absolute atomic E-state index is 3.94. The molecule has 0 nitrogen and oxygen atoms in total. The average Bonchev–Trinajstić information content (AvgIpc) is 2.38. The standard InChI is InChI=1S/C18H18/c1-14(2)18-12-10-17(11-13-18)9-8-16-6-4-15(3)5-7-16/h4-13H,1H2,2-3H3/b9-8+. The fraction of sp³-hybridized carbons (Fsp3) is 0.111. The molecule has 0 saturated heterocycles. The van der Waals surface area contributed by atoms with Crippen molar-refractivity contribution in [3.05, 3.63) is 77.4 Å². The lowest BCUT2D eigenvalue weighted by atomic mass is 10.1. The fourth-order valence-electron chi connectivity index (χ4n) is 1.75. The molecule has 0 heterocycles. The first kappa shape index (κ1) is 12.4. The van der Waals surface area contributed by atoms with Gasteiger partial charge in [-0.2, -0.15) is 0 Å². The summed E-state index contributed by atoms with van der Waals surface area (Å²) in [5.74, 6) is 0. The molecular formula is C18H18. The maximum atomic E-state index is 3.94. The summed E-state index contributed by atoms with van der Waals surface area (Å²) in [4.78, 5) is 0. The van der Waals surface area contributed by atoms with Gasteiger partial charge in [0.1, 0.15) is 0 Å². The van der Waals surface area contributed by atoms with E-state index in [0.717, 1.165) is 5.57 Å². The number of rotatable bonds is 3. The van der Waals surface area contributed by atoms with Gasteiger partial charge < -0.3 is 0 Å². The Bertz CT molecular complexity index is 554. The highest BCUT2D eigenvalue weighted by Gasteiger charge is 1.92. The molecule has 0 atom stereocenters. The Labute approximate surface area is 109 Å². The first-order valence-electron chi connectivity index (χ1n) is 6.16. The van der Waals surface area contributed by atoms with Gasteiger partial charge in [0.25, 0.3) is 0 Å². The maximum Gasteiger partial charge on any atom is -0.0233 e. The summed E-state index contributed by atoms with van der Waals surface area (Å²) in [5.41, 5.74) is 6.02. The highest BCUT2D eigenvalue weighted by molar-refractivity contribution is 5.71. The third-order valence-electron chi connectivity index (χ3n) is 2.95. The van der Waals surface area contributed by atoms with Gasteiger partial charge in [0, 0.05) is 0 Å². The Morgan fingerprint density at radius 2 is 1.28 bits per heavy atom. The third-order valence-corrected chi connectivity index (χ3v) is 2.95. The van der Waals surface area contributed by atoms with E-state index < -0.39 is 0 Å². The van der Waals surface area contributed by atoms with Crippen molar-refractivity contribution >= 4 is 17.7 Å². The summed E-state index contributed by atoms with van der Waals surface area (Å²) >= 11 is 0. The topological polar surface area (TPSA) is 0 Å². The van der Waals surface area contributed by atoms with Crippen LogP contribution in [0.1, 0.15) is 29.2 Å². The average molecular weight is 234 g/mol. The zero-order valence-electron chi connectivity index (χ0n) is 11.0. The van der Waals surface area contributed by atoms with Gasteiger partial charge in [0.15, 0.2) is 0 Å². The van der Waals surface area contributed by atoms with E-state index in [1.165, 1.54) is 22.3 Å². The van der Waals surface area contributed by atoms with Gasteiger partial charge in [-0.15, -0.1) is 0 Å². The van der Waals surface area contributed by atoms with E-state index >= 15 is 0 Å². The van der Waals surface area contributed by atoms with Crippen LogP contribution in [-0.2, 0) is 0 Å². The predicted octanol–water partition coefficient (Wildman–Crippen LogP) is 5.20. The summed E-state index contributed by atoms with van der Waals surface area (Å²) in [5, 5.41) is 0. The van der Waals surface area contributed by atoms with Crippen molar-refractivity contribution in [1.29, 1.82) is 0 Å². The quantitative estimate of drug-likeness (QED) is 0.640. The molecule has 2 aromatic carbocycles. The minimum absolute atomic E-state index is 1.10. The lowest BCUT2D eigenvalue weighted by Crippen LogP contribution is -1.78. The molecule has 0 N–H and O–H groups in total. The van der Waals surface area contributed by atoms with Crippen LogP contribution in [-0.4, -0.2) is 0 Å². The molecule has 18 heavy (non-hydrogen) atoms. The Morgan fingerprint density at radius 3 is 1.72 bits per heavy atom. The van der Waals surface area contributed by atoms with Crippen LogP contribution in [0.2, 0.25) is 0 Å². The van der Waals surface area contributed by atoms with Crippen molar-refractivity contribution in [3.8, 4) is 0 Å². The van der Waals surface area contributed by atoms with Crippen molar-refractivity contribution < 1.29 is 0 Å². The Kier molecular flexibility index (Phi) is 3.78. The largest absolute Gasteiger partial charge is 0.0955 e. The van der Waals surface area contributed by atoms with Crippen LogP contribution in [0.4, 0.5) is 0 Å². The number of benzene rings is 2. The second-order valence-corrected chi connectivity index (χ2v) is 4.65. The zero-order valence-corrected chi connectivity index (χ0v) is 11.0. The van der Waals surface area contributed by atoms with Gasteiger partial charge in [-0.25, -0.2) is 0 Å². The second kappa shape index (κ2) is 5.50. The summed E-state index contributed by atoms with van der Waals surface area (Å²) in [6, 6.07) is 17.0. The Morgan fingerprint density at radius 1 is 0.833 bits per heavy atom. The molecule has 90 valence electrons. The van der Waals surface area contributed by atoms with Crippen LogP contribution >= 0.6 is 0 Å². The minimum atomic E-state index is 1.10. The van der Waals surface area contributed by atoms with E-state index in [0.29, 0.717) is 0 Å². The van der Waals surface area contributed by atoms with E-state index in [1.54, 1.807) is 0 Å². The molecule has 0 heteroatoms. The van der Waals surface area contributed by atoms with Gasteiger partial charge in [0.05, 0.1) is 0 Å². The van der Waals surface area contributed by atoms with Gasteiger partial charge >= 0.3 is 0 Å². The van der Waals surface area contributed by atoms with Crippen LogP contribution in [0.25, 0.3) is 17.7 Å². The Hall–Kier alpha value is -2.08. The van der Waals surface area contributed by atoms with Crippen LogP contribution < -0.4 is 0 Å². The molecule has 0 amide bonds. The minimum Gasteiger partial charge on any atom is -0.0955 e. The first-order valence-corrected chi connectivity index (χ1v) is 6.16. The van der Waals surface area contributed by atoms with E-state index in [4.69, 9.17) is 0 Å². The van der Waals surface area contributed by atoms with E-state index in [2.05, 4.69) is 74.2 Å². The molecule has 0 saturated carbocycles. The summed E-state index contributed by atoms with van der Waals surface area (Å²) < 4.78 is 0. The molecule has 0 unspecified atom stereocenters. The number of hydrogen-bond acceptors (Lipinski definition) is 0. The van der Waals surface area contributed by atoms with Crippen LogP contribution in [0.15, 0.2) is 55.1 Å². The summed E-state index contributed by atoms with van der Waals surface area (Å²) in [7, 11) is 0. The van der Waals surface area contributed by atoms with Crippen molar-refractivity contribution in [3.63, 3.8) is 0 Å². The number of allylic oxidation sites excluding steroid dienone is 1. The van der Waals surface area contributed by atoms with Crippen LogP contribution in [0.5, 0.6) is 0 Å². The van der Waals surface area contributed by atoms with E-state index in [9.17, 15) is 0 Å². The molecule has 0 aromatic heterocycles. The molecular weight excluding hydrogens is 216 g/mol. The molecule has 0 aliphatic carbocycles. The van der Waals surface area contributed by atoms with E-state index in [1.807, 2.05) is 6.92 Å². The van der Waals surface area contributed by atoms with E-state index in [-0.39, 0.29) is 0 Å². The third kappa shape index (κ3) is 3.21. The second-order valence-electron chi connectivity index (χ2n) is 4.65. The Balaban J connectivity index is 2.13. The predicted molar refractivity (Wildman–Crippen MR) is 81.3 cm³/mol. The smallest absolute Gasteiger partial charge is 0.0233 e. The van der Waals surface area contributed by atoms with Crippen molar-refractivity contribution in [2.45, 2.75) is 13.8 Å². The van der Waals surface area contributed by atoms with Gasteiger partial charge in [-0.05, 0) is 30.5 Å². The van der Waals surface area contributed by atoms with Crippen molar-refractivity contribution in [1.82, 2.24) is 0 Å². The molecule has 0 spiro atoms. The summed E-state index contributed by atoms with van der Waals surface area (Å²) in [6.07, 6.45) is 4.27. The van der Waals surface area contributed by atoms with Gasteiger partial charge in [0.2, 0.25) is 0 Å². The molecule has 0 bridgehead atoms. The highest BCUT2D eigenvalue weighted by atomic mass is 14.0. The lowest BCUT2D eigenvalue weighted by molar-refractivity contribution is 1.46. The fourth-order valence-corrected chi connectivity index (χ4v) is 1.75. The molecule has 2 aromatic rings. The number of aryl methyl sites for hydroxylation is 1. The molecule has 0 aliphatic heterocycles. The number of hydrogen-bond donors (Lipinski definition) is 0.